The van der Waals surface area contributed by atoms with Crippen molar-refractivity contribution in [3.05, 3.63) is 41.7 Å². The molecular weight excluding hydrogens is 418 g/mol. The number of nitrogens with zero attached hydrogens (tertiary/aromatic N) is 3. The van der Waals surface area contributed by atoms with E-state index in [1.807, 2.05) is 18.2 Å². The molecule has 7 heteroatoms. The summed E-state index contributed by atoms with van der Waals surface area (Å²) in [4.78, 5) is 24.3. The maximum absolute atomic E-state index is 12.7. The van der Waals surface area contributed by atoms with Gasteiger partial charge in [-0.1, -0.05) is 27.7 Å². The fourth-order valence-corrected chi connectivity index (χ4v) is 4.38. The van der Waals surface area contributed by atoms with Crippen LogP contribution in [0.5, 0.6) is 11.5 Å². The molecule has 1 aliphatic rings. The van der Waals surface area contributed by atoms with Crippen molar-refractivity contribution in [2.45, 2.75) is 34.3 Å². The quantitative estimate of drug-likeness (QED) is 0.443. The molecule has 0 saturated heterocycles. The van der Waals surface area contributed by atoms with Crippen molar-refractivity contribution < 1.29 is 19.0 Å². The molecule has 7 nitrogen and oxygen atoms in total. The van der Waals surface area contributed by atoms with Gasteiger partial charge in [-0.05, 0) is 40.8 Å². The summed E-state index contributed by atoms with van der Waals surface area (Å²) in [5.41, 5.74) is 2.94. The van der Waals surface area contributed by atoms with Crippen LogP contribution in [0.4, 0.5) is 5.95 Å². The predicted molar refractivity (Wildman–Crippen MR) is 129 cm³/mol. The van der Waals surface area contributed by atoms with Crippen LogP contribution in [0.3, 0.4) is 0 Å². The van der Waals surface area contributed by atoms with Crippen LogP contribution in [-0.2, 0) is 11.3 Å². The second kappa shape index (κ2) is 9.25. The molecule has 3 aromatic rings. The van der Waals surface area contributed by atoms with Gasteiger partial charge in [-0.2, -0.15) is 0 Å². The molecular formula is C26H31N3O4. The molecule has 0 radical (unpaired) electrons. The minimum absolute atomic E-state index is 0.251. The lowest BCUT2D eigenvalue weighted by atomic mass is 9.91. The van der Waals surface area contributed by atoms with Crippen molar-refractivity contribution in [2.24, 2.45) is 11.8 Å². The van der Waals surface area contributed by atoms with Crippen molar-refractivity contribution in [1.29, 1.82) is 0 Å². The van der Waals surface area contributed by atoms with E-state index in [1.54, 1.807) is 26.6 Å². The Bertz CT molecular complexity index is 1160. The number of rotatable bonds is 8. The predicted octanol–water partition coefficient (Wildman–Crippen LogP) is 5.10. The molecule has 2 aromatic carbocycles. The third-order valence-electron chi connectivity index (χ3n) is 5.67. The molecule has 33 heavy (non-hydrogen) atoms. The second-order valence-electron chi connectivity index (χ2n) is 9.25. The summed E-state index contributed by atoms with van der Waals surface area (Å²) in [5.74, 6) is 2.57. The van der Waals surface area contributed by atoms with E-state index < -0.39 is 0 Å². The summed E-state index contributed by atoms with van der Waals surface area (Å²) in [6.45, 7) is 10.8. The Morgan fingerprint density at radius 3 is 2.12 bits per heavy atom. The standard InChI is InChI=1S/C26H31N3O4/c1-15(2)12-29(13-16(3)4)26-27-10-19(11-28-26)23-20-9-22(32-6)21(31-5)8-17(20)7-18-14-33-25(30)24(18)23/h7-11,15-16H,12-14H2,1-6H3. The van der Waals surface area contributed by atoms with Gasteiger partial charge in [0, 0.05) is 42.2 Å². The van der Waals surface area contributed by atoms with Gasteiger partial charge >= 0.3 is 5.97 Å². The van der Waals surface area contributed by atoms with Crippen LogP contribution in [0.1, 0.15) is 43.6 Å². The van der Waals surface area contributed by atoms with Crippen LogP contribution in [0, 0.1) is 11.8 Å². The molecule has 4 rings (SSSR count). The first-order chi connectivity index (χ1) is 15.8. The topological polar surface area (TPSA) is 73.8 Å². The van der Waals surface area contributed by atoms with Crippen LogP contribution in [0.25, 0.3) is 21.9 Å². The second-order valence-corrected chi connectivity index (χ2v) is 9.25. The molecule has 174 valence electrons. The van der Waals surface area contributed by atoms with Crippen LogP contribution < -0.4 is 14.4 Å². The zero-order chi connectivity index (χ0) is 23.7. The van der Waals surface area contributed by atoms with Gasteiger partial charge in [-0.25, -0.2) is 14.8 Å². The average molecular weight is 450 g/mol. The highest BCUT2D eigenvalue weighted by molar-refractivity contribution is 6.11. The number of benzene rings is 2. The van der Waals surface area contributed by atoms with E-state index in [2.05, 4.69) is 32.6 Å². The normalized spacial score (nSPS) is 12.9. The van der Waals surface area contributed by atoms with E-state index in [0.717, 1.165) is 40.6 Å². The fraction of sp³-hybridized carbons (Fsp3) is 0.423. The van der Waals surface area contributed by atoms with Gasteiger partial charge in [0.15, 0.2) is 11.5 Å². The number of cyclic esters (lactones) is 1. The van der Waals surface area contributed by atoms with Gasteiger partial charge in [0.05, 0.1) is 19.8 Å². The van der Waals surface area contributed by atoms with Gasteiger partial charge in [-0.3, -0.25) is 0 Å². The van der Waals surface area contributed by atoms with Gasteiger partial charge in [0.2, 0.25) is 5.95 Å². The Kier molecular flexibility index (Phi) is 6.40. The van der Waals surface area contributed by atoms with Gasteiger partial charge in [0.1, 0.15) is 6.61 Å². The first-order valence-corrected chi connectivity index (χ1v) is 11.3. The monoisotopic (exact) mass is 449 g/mol. The molecule has 0 aliphatic carbocycles. The maximum atomic E-state index is 12.7. The van der Waals surface area contributed by atoms with Crippen molar-refractivity contribution in [1.82, 2.24) is 9.97 Å². The van der Waals surface area contributed by atoms with Crippen molar-refractivity contribution in [3.63, 3.8) is 0 Å². The lowest BCUT2D eigenvalue weighted by molar-refractivity contribution is 0.0535. The first-order valence-electron chi connectivity index (χ1n) is 11.3. The van der Waals surface area contributed by atoms with Crippen LogP contribution in [0.2, 0.25) is 0 Å². The zero-order valence-electron chi connectivity index (χ0n) is 20.1. The number of anilines is 1. The van der Waals surface area contributed by atoms with E-state index in [9.17, 15) is 4.79 Å². The summed E-state index contributed by atoms with van der Waals surface area (Å²) in [5, 5.41) is 1.80. The van der Waals surface area contributed by atoms with E-state index in [-0.39, 0.29) is 12.6 Å². The third kappa shape index (κ3) is 4.45. The number of aromatic nitrogens is 2. The summed E-state index contributed by atoms with van der Waals surface area (Å²) in [6, 6.07) is 5.79. The number of ether oxygens (including phenoxy) is 3. The molecule has 1 aliphatic heterocycles. The van der Waals surface area contributed by atoms with Gasteiger partial charge in [0.25, 0.3) is 0 Å². The molecule has 0 bridgehead atoms. The van der Waals surface area contributed by atoms with Gasteiger partial charge in [-0.15, -0.1) is 0 Å². The van der Waals surface area contributed by atoms with E-state index in [0.29, 0.717) is 34.8 Å². The van der Waals surface area contributed by atoms with Crippen molar-refractivity contribution >= 4 is 22.7 Å². The van der Waals surface area contributed by atoms with Crippen LogP contribution in [-0.4, -0.2) is 43.2 Å². The number of carbonyl (C=O) groups excluding carboxylic acids is 1. The Morgan fingerprint density at radius 1 is 0.939 bits per heavy atom. The largest absolute Gasteiger partial charge is 0.493 e. The Balaban J connectivity index is 1.86. The molecule has 2 heterocycles. The highest BCUT2D eigenvalue weighted by Crippen LogP contribution is 2.42. The van der Waals surface area contributed by atoms with Crippen LogP contribution >= 0.6 is 0 Å². The number of methoxy groups -OCH3 is 2. The van der Waals surface area contributed by atoms with E-state index in [1.165, 1.54) is 0 Å². The summed E-state index contributed by atoms with van der Waals surface area (Å²) >= 11 is 0. The van der Waals surface area contributed by atoms with Crippen molar-refractivity contribution in [2.75, 3.05) is 32.2 Å². The maximum Gasteiger partial charge on any atom is 0.339 e. The van der Waals surface area contributed by atoms with E-state index >= 15 is 0 Å². The van der Waals surface area contributed by atoms with Crippen LogP contribution in [0.15, 0.2) is 30.6 Å². The molecule has 0 amide bonds. The smallest absolute Gasteiger partial charge is 0.339 e. The summed E-state index contributed by atoms with van der Waals surface area (Å²) < 4.78 is 16.4. The first kappa shape index (κ1) is 22.8. The Morgan fingerprint density at radius 2 is 1.55 bits per heavy atom. The minimum Gasteiger partial charge on any atom is -0.493 e. The lowest BCUT2D eigenvalue weighted by Crippen LogP contribution is -2.32. The van der Waals surface area contributed by atoms with E-state index in [4.69, 9.17) is 24.2 Å². The zero-order valence-corrected chi connectivity index (χ0v) is 20.1. The number of carbonyl (C=O) groups is 1. The highest BCUT2D eigenvalue weighted by Gasteiger charge is 2.29. The minimum atomic E-state index is -0.331. The molecule has 0 N–H and O–H groups in total. The number of hydrogen-bond acceptors (Lipinski definition) is 7. The molecule has 0 fully saturated rings. The molecule has 0 saturated carbocycles. The average Bonchev–Trinajstić information content (AvgIpc) is 3.15. The van der Waals surface area contributed by atoms with Gasteiger partial charge < -0.3 is 19.1 Å². The highest BCUT2D eigenvalue weighted by atomic mass is 16.5. The fourth-order valence-electron chi connectivity index (χ4n) is 4.38. The number of hydrogen-bond donors (Lipinski definition) is 0. The number of esters is 1. The SMILES string of the molecule is COc1cc2cc3c(c(-c4cnc(N(CC(C)C)CC(C)C)nc4)c2cc1OC)C(=O)OC3. The third-order valence-corrected chi connectivity index (χ3v) is 5.67. The number of fused-ring (bicyclic) bond motifs is 2. The molecule has 1 aromatic heterocycles. The summed E-state index contributed by atoms with van der Waals surface area (Å²) in [6.07, 6.45) is 3.60. The molecule has 0 atom stereocenters. The summed E-state index contributed by atoms with van der Waals surface area (Å²) in [7, 11) is 3.21. The molecule has 0 unspecified atom stereocenters. The molecule has 0 spiro atoms. The lowest BCUT2D eigenvalue weighted by Gasteiger charge is -2.26. The van der Waals surface area contributed by atoms with Crippen molar-refractivity contribution in [3.8, 4) is 22.6 Å². The Labute approximate surface area is 194 Å². The Hall–Kier alpha value is -3.35.